The van der Waals surface area contributed by atoms with Gasteiger partial charge in [0.2, 0.25) is 5.56 Å². The molecule has 0 aliphatic heterocycles. The predicted molar refractivity (Wildman–Crippen MR) is 99.1 cm³/mol. The molecular formula is C19H13ClF2N2O4. The summed E-state index contributed by atoms with van der Waals surface area (Å²) in [5.74, 6) is -1.80. The van der Waals surface area contributed by atoms with Crippen LogP contribution in [0.5, 0.6) is 17.2 Å². The summed E-state index contributed by atoms with van der Waals surface area (Å²) in [6, 6.07) is 9.26. The van der Waals surface area contributed by atoms with Crippen LogP contribution in [-0.2, 0) is 0 Å². The molecule has 1 amide bonds. The maximum absolute atomic E-state index is 13.9. The molecule has 2 aromatic carbocycles. The second-order valence-electron chi connectivity index (χ2n) is 5.59. The van der Waals surface area contributed by atoms with Gasteiger partial charge in [0, 0.05) is 28.9 Å². The summed E-state index contributed by atoms with van der Waals surface area (Å²) >= 11 is 6.21. The Hall–Kier alpha value is -3.39. The Morgan fingerprint density at radius 1 is 1.14 bits per heavy atom. The fourth-order valence-electron chi connectivity index (χ4n) is 2.54. The van der Waals surface area contributed by atoms with Crippen LogP contribution < -0.4 is 20.6 Å². The Morgan fingerprint density at radius 2 is 1.93 bits per heavy atom. The quantitative estimate of drug-likeness (QED) is 0.621. The van der Waals surface area contributed by atoms with E-state index in [1.54, 1.807) is 6.07 Å². The number of aromatic amines is 1. The van der Waals surface area contributed by atoms with Gasteiger partial charge in [-0.1, -0.05) is 16.1 Å². The Balaban J connectivity index is 2.11. The normalized spacial score (nSPS) is 10.4. The molecule has 0 saturated carbocycles. The number of carbonyl (C=O) groups is 1. The number of halogens is 3. The van der Waals surface area contributed by atoms with Crippen molar-refractivity contribution >= 4 is 17.5 Å². The molecule has 0 atom stereocenters. The first kappa shape index (κ1) is 19.4. The van der Waals surface area contributed by atoms with Gasteiger partial charge in [-0.2, -0.15) is 5.54 Å². The topological polar surface area (TPSA) is 80.4 Å². The predicted octanol–water partition coefficient (Wildman–Crippen LogP) is 4.25. The number of nitrogens with one attached hydrogen (secondary N) is 2. The van der Waals surface area contributed by atoms with Gasteiger partial charge in [-0.15, -0.1) is 0 Å². The van der Waals surface area contributed by atoms with E-state index in [-0.39, 0.29) is 33.4 Å². The molecule has 0 radical (unpaired) electrons. The highest BCUT2D eigenvalue weighted by Gasteiger charge is 2.19. The number of aromatic nitrogens is 1. The molecule has 0 saturated heterocycles. The van der Waals surface area contributed by atoms with E-state index in [1.165, 1.54) is 43.6 Å². The van der Waals surface area contributed by atoms with E-state index in [0.717, 1.165) is 11.6 Å². The number of ether oxygens (including phenoxy) is 2. The zero-order valence-corrected chi connectivity index (χ0v) is 15.1. The third-order valence-corrected chi connectivity index (χ3v) is 4.15. The van der Waals surface area contributed by atoms with Crippen LogP contribution in [0, 0.1) is 5.82 Å². The number of hydrogen-bond donors (Lipinski definition) is 2. The lowest BCUT2D eigenvalue weighted by atomic mass is 10.0. The van der Waals surface area contributed by atoms with Crippen LogP contribution >= 0.6 is 11.6 Å². The monoisotopic (exact) mass is 406 g/mol. The van der Waals surface area contributed by atoms with Gasteiger partial charge in [0.1, 0.15) is 11.5 Å². The minimum Gasteiger partial charge on any atom is -0.494 e. The molecule has 9 heteroatoms. The summed E-state index contributed by atoms with van der Waals surface area (Å²) < 4.78 is 37.1. The molecule has 3 rings (SSSR count). The van der Waals surface area contributed by atoms with Gasteiger partial charge < -0.3 is 14.5 Å². The molecule has 0 unspecified atom stereocenters. The van der Waals surface area contributed by atoms with E-state index in [2.05, 4.69) is 4.98 Å². The van der Waals surface area contributed by atoms with Gasteiger partial charge in [-0.05, 0) is 35.9 Å². The van der Waals surface area contributed by atoms with Gasteiger partial charge in [-0.3, -0.25) is 9.59 Å². The molecule has 0 bridgehead atoms. The Labute approximate surface area is 162 Å². The molecule has 0 spiro atoms. The molecule has 0 aliphatic carbocycles. The van der Waals surface area contributed by atoms with Gasteiger partial charge in [0.05, 0.1) is 12.7 Å². The standard InChI is InChI=1S/C19H13ClF2N2O4/c1-27-16-3-2-11(7-15(16)21)28-17-9-12(10-4-5-23-18(25)6-10)14(20)8-13(17)19(26)24-22/h2-9H,1H3,(H,23,25)(H,24,26). The van der Waals surface area contributed by atoms with Crippen molar-refractivity contribution in [3.63, 3.8) is 0 Å². The van der Waals surface area contributed by atoms with Crippen molar-refractivity contribution in [3.05, 3.63) is 75.4 Å². The van der Waals surface area contributed by atoms with Crippen LogP contribution in [0.15, 0.2) is 53.5 Å². The molecule has 1 heterocycles. The van der Waals surface area contributed by atoms with Crippen LogP contribution in [-0.4, -0.2) is 18.0 Å². The van der Waals surface area contributed by atoms with E-state index in [9.17, 15) is 18.5 Å². The molecular weight excluding hydrogens is 394 g/mol. The summed E-state index contributed by atoms with van der Waals surface area (Å²) in [6.07, 6.45) is 1.43. The van der Waals surface area contributed by atoms with Gasteiger partial charge in [-0.25, -0.2) is 4.39 Å². The molecule has 6 nitrogen and oxygen atoms in total. The van der Waals surface area contributed by atoms with Crippen LogP contribution in [0.4, 0.5) is 8.87 Å². The summed E-state index contributed by atoms with van der Waals surface area (Å²) in [5, 5.41) is 0.0949. The first-order valence-electron chi connectivity index (χ1n) is 7.88. The van der Waals surface area contributed by atoms with Gasteiger partial charge in [0.15, 0.2) is 11.6 Å². The lowest BCUT2D eigenvalue weighted by Crippen LogP contribution is -2.15. The number of hydrogen-bond acceptors (Lipinski definition) is 4. The van der Waals surface area contributed by atoms with E-state index >= 15 is 0 Å². The summed E-state index contributed by atoms with van der Waals surface area (Å²) in [7, 11) is 1.32. The molecule has 0 aliphatic rings. The zero-order chi connectivity index (χ0) is 20.3. The van der Waals surface area contributed by atoms with Crippen molar-refractivity contribution in [2.24, 2.45) is 0 Å². The van der Waals surface area contributed by atoms with Crippen molar-refractivity contribution in [1.82, 2.24) is 10.5 Å². The average molecular weight is 407 g/mol. The number of pyridine rings is 1. The first-order valence-corrected chi connectivity index (χ1v) is 8.25. The minimum atomic E-state index is -1.09. The Bertz CT molecular complexity index is 1100. The van der Waals surface area contributed by atoms with Crippen molar-refractivity contribution in [3.8, 4) is 28.4 Å². The van der Waals surface area contributed by atoms with E-state index in [4.69, 9.17) is 21.1 Å². The highest BCUT2D eigenvalue weighted by atomic mass is 35.5. The van der Waals surface area contributed by atoms with Gasteiger partial charge >= 0.3 is 0 Å². The Morgan fingerprint density at radius 3 is 2.57 bits per heavy atom. The van der Waals surface area contributed by atoms with Gasteiger partial charge in [0.25, 0.3) is 5.91 Å². The van der Waals surface area contributed by atoms with E-state index in [0.29, 0.717) is 11.1 Å². The summed E-state index contributed by atoms with van der Waals surface area (Å²) in [4.78, 5) is 25.9. The molecule has 1 aromatic heterocycles. The fourth-order valence-corrected chi connectivity index (χ4v) is 2.81. The maximum Gasteiger partial charge on any atom is 0.282 e. The number of rotatable bonds is 5. The van der Waals surface area contributed by atoms with Crippen LogP contribution in [0.3, 0.4) is 0 Å². The second kappa shape index (κ2) is 8.10. The van der Waals surface area contributed by atoms with Crippen molar-refractivity contribution in [1.29, 1.82) is 0 Å². The summed E-state index contributed by atoms with van der Waals surface area (Å²) in [5.41, 5.74) is 1.25. The second-order valence-corrected chi connectivity index (χ2v) is 6.00. The fraction of sp³-hybridized carbons (Fsp3) is 0.0526. The smallest absolute Gasteiger partial charge is 0.282 e. The zero-order valence-electron chi connectivity index (χ0n) is 14.4. The summed E-state index contributed by atoms with van der Waals surface area (Å²) in [6.45, 7) is 0. The third-order valence-electron chi connectivity index (χ3n) is 3.84. The van der Waals surface area contributed by atoms with E-state index < -0.39 is 11.7 Å². The lowest BCUT2D eigenvalue weighted by molar-refractivity contribution is 0.0857. The first-order chi connectivity index (χ1) is 13.4. The minimum absolute atomic E-state index is 0.00869. The third kappa shape index (κ3) is 3.96. The highest BCUT2D eigenvalue weighted by molar-refractivity contribution is 6.33. The van der Waals surface area contributed by atoms with E-state index in [1.807, 2.05) is 0 Å². The lowest BCUT2D eigenvalue weighted by Gasteiger charge is -2.14. The molecule has 0 fully saturated rings. The van der Waals surface area contributed by atoms with Crippen molar-refractivity contribution in [2.45, 2.75) is 0 Å². The Kier molecular flexibility index (Phi) is 5.60. The molecule has 2 N–H and O–H groups in total. The number of carbonyl (C=O) groups excluding carboxylic acids is 1. The van der Waals surface area contributed by atoms with Crippen molar-refractivity contribution < 1.29 is 23.1 Å². The highest BCUT2D eigenvalue weighted by Crippen LogP contribution is 2.36. The number of methoxy groups -OCH3 is 1. The SMILES string of the molecule is COc1ccc(Oc2cc(-c3cc[nH]c(=O)c3)c(Cl)cc2C(=O)NF)cc1F. The van der Waals surface area contributed by atoms with Crippen LogP contribution in [0.25, 0.3) is 11.1 Å². The average Bonchev–Trinajstić information content (AvgIpc) is 2.68. The molecule has 28 heavy (non-hydrogen) atoms. The maximum atomic E-state index is 13.9. The van der Waals surface area contributed by atoms with Crippen LogP contribution in [0.1, 0.15) is 10.4 Å². The largest absolute Gasteiger partial charge is 0.494 e. The van der Waals surface area contributed by atoms with Crippen LogP contribution in [0.2, 0.25) is 5.02 Å². The van der Waals surface area contributed by atoms with Crippen molar-refractivity contribution in [2.75, 3.05) is 7.11 Å². The number of amides is 1. The molecule has 3 aromatic rings. The number of H-pyrrole nitrogens is 1. The number of benzene rings is 2. The molecule has 144 valence electrons.